The monoisotopic (exact) mass is 760 g/mol. The van der Waals surface area contributed by atoms with Gasteiger partial charge in [-0.2, -0.15) is 10.2 Å². The normalized spacial score (nSPS) is 27.7. The summed E-state index contributed by atoms with van der Waals surface area (Å²) in [5, 5.41) is 24.2. The van der Waals surface area contributed by atoms with Crippen molar-refractivity contribution >= 4 is 44.9 Å². The fourth-order valence-corrected chi connectivity index (χ4v) is 7.34. The summed E-state index contributed by atoms with van der Waals surface area (Å²) < 4.78 is 85.3. The third kappa shape index (κ3) is 8.95. The van der Waals surface area contributed by atoms with Gasteiger partial charge in [-0.3, -0.25) is 38.0 Å². The topological polar surface area (TPSA) is 275 Å². The lowest BCUT2D eigenvalue weighted by Crippen LogP contribution is -2.33. The molecule has 0 radical (unpaired) electrons. The summed E-state index contributed by atoms with van der Waals surface area (Å²) in [6, 6.07) is 2.24. The molecule has 1 amide bonds. The van der Waals surface area contributed by atoms with E-state index in [4.69, 9.17) is 28.1 Å². The average Bonchev–Trinajstić information content (AvgIpc) is 3.74. The molecule has 2 fully saturated rings. The molecule has 2 unspecified atom stereocenters. The molecule has 3 aromatic rings. The maximum Gasteiger partial charge on any atom is 0.695 e. The zero-order valence-corrected chi connectivity index (χ0v) is 28.7. The predicted molar refractivity (Wildman–Crippen MR) is 169 cm³/mol. The lowest BCUT2D eigenvalue weighted by atomic mass is 10.1. The molecule has 276 valence electrons. The van der Waals surface area contributed by atoms with Crippen molar-refractivity contribution in [1.82, 2.24) is 29.5 Å². The molecule has 51 heavy (non-hydrogen) atoms. The minimum atomic E-state index is -4.93. The van der Waals surface area contributed by atoms with Crippen LogP contribution in [0.3, 0.4) is 0 Å². The van der Waals surface area contributed by atoms with Gasteiger partial charge >= 0.3 is 16.1 Å². The van der Waals surface area contributed by atoms with Crippen LogP contribution in [0.15, 0.2) is 29.7 Å². The highest BCUT2D eigenvalue weighted by Crippen LogP contribution is 2.55. The summed E-state index contributed by atoms with van der Waals surface area (Å²) in [6.07, 6.45) is -7.41. The van der Waals surface area contributed by atoms with Gasteiger partial charge in [0.25, 0.3) is 5.56 Å². The van der Waals surface area contributed by atoms with Crippen molar-refractivity contribution < 1.29 is 55.5 Å². The number of H-pyrrole nitrogens is 1. The van der Waals surface area contributed by atoms with Gasteiger partial charge in [0.15, 0.2) is 35.8 Å². The van der Waals surface area contributed by atoms with Crippen LogP contribution in [0.25, 0.3) is 11.2 Å². The van der Waals surface area contributed by atoms with Crippen molar-refractivity contribution in [3.05, 3.63) is 35.3 Å². The largest absolute Gasteiger partial charge is 0.695 e. The van der Waals surface area contributed by atoms with Gasteiger partial charge in [-0.25, -0.2) is 28.3 Å². The molecule has 5 rings (SSSR count). The quantitative estimate of drug-likeness (QED) is 0.103. The fourth-order valence-electron chi connectivity index (χ4n) is 5.44. The molecule has 2 aliphatic rings. The number of nitriles is 1. The molecular weight excluding hydrogens is 726 g/mol. The number of nitrogens with one attached hydrogen (secondary N) is 3. The number of halogens is 2. The van der Waals surface area contributed by atoms with Crippen LogP contribution >= 0.6 is 16.1 Å². The van der Waals surface area contributed by atoms with Crippen LogP contribution in [-0.2, 0) is 36.8 Å². The Bertz CT molecular complexity index is 1850. The summed E-state index contributed by atoms with van der Waals surface area (Å²) in [5.74, 6) is -2.01. The molecular formula is C27H34F2N9O11P2+. The molecule has 1 aliphatic heterocycles. The first-order chi connectivity index (χ1) is 24.3. The van der Waals surface area contributed by atoms with E-state index >= 15 is 8.78 Å². The van der Waals surface area contributed by atoms with Crippen LogP contribution in [0.4, 0.5) is 20.5 Å². The first-order valence-corrected chi connectivity index (χ1v) is 18.0. The summed E-state index contributed by atoms with van der Waals surface area (Å²) >= 11 is 0. The second kappa shape index (κ2) is 16.6. The van der Waals surface area contributed by atoms with Crippen molar-refractivity contribution in [2.45, 2.75) is 69.6 Å². The molecule has 1 saturated heterocycles. The maximum atomic E-state index is 15.9. The number of hydrogen-bond donors (Lipinski definition) is 5. The van der Waals surface area contributed by atoms with Gasteiger partial charge in [-0.05, 0) is 12.5 Å². The van der Waals surface area contributed by atoms with E-state index in [9.17, 15) is 28.7 Å². The molecule has 20 nitrogen and oxygen atoms in total. The van der Waals surface area contributed by atoms with Crippen LogP contribution in [0.2, 0.25) is 0 Å². The summed E-state index contributed by atoms with van der Waals surface area (Å²) in [4.78, 5) is 52.8. The number of alkyl halides is 2. The molecule has 3 aromatic heterocycles. The summed E-state index contributed by atoms with van der Waals surface area (Å²) in [6.45, 7) is 1.17. The second-order valence-corrected chi connectivity index (χ2v) is 14.0. The summed E-state index contributed by atoms with van der Waals surface area (Å²) in [5.41, 5.74) is -1.22. The van der Waals surface area contributed by atoms with Crippen LogP contribution in [-0.4, -0.2) is 102 Å². The zero-order valence-electron chi connectivity index (χ0n) is 26.9. The fraction of sp³-hybridized carbons (Fsp3) is 0.593. The first-order valence-electron chi connectivity index (χ1n) is 15.5. The van der Waals surface area contributed by atoms with Gasteiger partial charge in [0.1, 0.15) is 24.4 Å². The van der Waals surface area contributed by atoms with Crippen molar-refractivity contribution in [3.8, 4) is 6.07 Å². The van der Waals surface area contributed by atoms with Crippen LogP contribution < -0.4 is 16.2 Å². The molecule has 0 spiro atoms. The van der Waals surface area contributed by atoms with E-state index in [0.717, 1.165) is 10.9 Å². The minimum Gasteiger partial charge on any atom is -0.394 e. The SMILES string of the molecule is CC(C)C(=O)Nc1nc2c(ncn2[C@@H]2O[C@H](CO)[C@@H](F)[C@H]2OP(=O)(OCCC#N)OC[C@H]2C[C@@H](Nc3ccncn3)[C@H](F)[C@@H]2O[P+](=O)O)c(=O)[nH]1. The smallest absolute Gasteiger partial charge is 0.394 e. The van der Waals surface area contributed by atoms with Gasteiger partial charge in [-0.1, -0.05) is 13.8 Å². The molecule has 4 heterocycles. The molecule has 5 N–H and O–H groups in total. The number of aromatic amines is 1. The van der Waals surface area contributed by atoms with Crippen molar-refractivity contribution in [1.29, 1.82) is 5.26 Å². The number of ether oxygens (including phenoxy) is 1. The number of amides is 1. The first kappa shape index (κ1) is 38.3. The van der Waals surface area contributed by atoms with Crippen LogP contribution in [0.1, 0.15) is 32.9 Å². The number of phosphoric ester groups is 1. The van der Waals surface area contributed by atoms with Crippen LogP contribution in [0.5, 0.6) is 0 Å². The number of phosphoric acid groups is 1. The van der Waals surface area contributed by atoms with E-state index in [2.05, 4.69) is 35.6 Å². The number of hydrogen-bond acceptors (Lipinski definition) is 16. The number of anilines is 2. The van der Waals surface area contributed by atoms with Crippen LogP contribution in [0, 0.1) is 23.2 Å². The zero-order chi connectivity index (χ0) is 36.9. The van der Waals surface area contributed by atoms with E-state index in [1.807, 2.05) is 0 Å². The van der Waals surface area contributed by atoms with Gasteiger partial charge in [0.05, 0.1) is 44.7 Å². The Balaban J connectivity index is 1.42. The Kier molecular flexibility index (Phi) is 12.5. The molecule has 24 heteroatoms. The number of imidazole rings is 1. The van der Waals surface area contributed by atoms with Gasteiger partial charge in [0, 0.05) is 22.6 Å². The van der Waals surface area contributed by atoms with E-state index in [-0.39, 0.29) is 35.8 Å². The number of aliphatic hydroxyl groups excluding tert-OH is 1. The Hall–Kier alpha value is -3.90. The molecule has 10 atom stereocenters. The third-order valence-corrected chi connectivity index (χ3v) is 9.81. The Labute approximate surface area is 288 Å². The molecule has 1 saturated carbocycles. The Morgan fingerprint density at radius 2 is 2.08 bits per heavy atom. The number of carbonyl (C=O) groups is 1. The van der Waals surface area contributed by atoms with Gasteiger partial charge < -0.3 is 15.2 Å². The maximum absolute atomic E-state index is 15.9. The lowest BCUT2D eigenvalue weighted by Gasteiger charge is -2.26. The standard InChI is InChI=1S/C27H33F2N9O11P2/c1-13(2)24(40)36-27-35-23-20(25(41)37-27)33-12-38(23)26-22(19(29)16(9-39)47-26)49-51(44,45-7-3-5-30)46-10-14-8-15(18(28)21(14)48-50(42)43)34-17-4-6-31-11-32-17/h4,6,11-16,18-19,21-22,26,39H,3,7-10H2,1-2H3,(H3-,31,32,34,35,36,37,40,41,42,43)/p+1/t14-,15-,16-,18+,19-,21-,22-,26-,51?/m1/s1. The lowest BCUT2D eigenvalue weighted by molar-refractivity contribution is -0.118. The van der Waals surface area contributed by atoms with E-state index in [0.29, 0.717) is 0 Å². The van der Waals surface area contributed by atoms with E-state index < -0.39 is 102 Å². The highest BCUT2D eigenvalue weighted by atomic mass is 31.2. The average molecular weight is 761 g/mol. The van der Waals surface area contributed by atoms with Crippen molar-refractivity contribution in [2.24, 2.45) is 11.8 Å². The highest BCUT2D eigenvalue weighted by Gasteiger charge is 2.53. The number of nitrogens with zero attached hydrogens (tertiary/aromatic N) is 6. The molecule has 0 bridgehead atoms. The predicted octanol–water partition coefficient (Wildman–Crippen LogP) is 2.05. The number of aliphatic hydroxyl groups is 1. The van der Waals surface area contributed by atoms with Crippen molar-refractivity contribution in [2.75, 3.05) is 30.5 Å². The highest BCUT2D eigenvalue weighted by molar-refractivity contribution is 7.48. The summed E-state index contributed by atoms with van der Waals surface area (Å²) in [7, 11) is -8.22. The second-order valence-electron chi connectivity index (χ2n) is 11.7. The van der Waals surface area contributed by atoms with Gasteiger partial charge in [0.2, 0.25) is 11.9 Å². The van der Waals surface area contributed by atoms with Gasteiger partial charge in [-0.15, -0.1) is 9.42 Å². The Morgan fingerprint density at radius 1 is 1.29 bits per heavy atom. The Morgan fingerprint density at radius 3 is 2.75 bits per heavy atom. The van der Waals surface area contributed by atoms with E-state index in [1.54, 1.807) is 19.9 Å². The third-order valence-electron chi connectivity index (χ3n) is 7.92. The molecule has 1 aliphatic carbocycles. The van der Waals surface area contributed by atoms with Crippen molar-refractivity contribution in [3.63, 3.8) is 0 Å². The van der Waals surface area contributed by atoms with E-state index in [1.165, 1.54) is 18.6 Å². The number of aromatic nitrogens is 6. The number of carbonyl (C=O) groups excluding carboxylic acids is 1. The minimum absolute atomic E-state index is 0.0956. The number of rotatable bonds is 16. The number of fused-ring (bicyclic) bond motifs is 1. The molecule has 0 aromatic carbocycles.